The number of nitrogens with zero attached hydrogens (tertiary/aromatic N) is 1. The van der Waals surface area contributed by atoms with Crippen LogP contribution in [0.3, 0.4) is 0 Å². The lowest BCUT2D eigenvalue weighted by Crippen LogP contribution is -2.14. The Hall–Kier alpha value is -0.620. The fourth-order valence-corrected chi connectivity index (χ4v) is 7.84. The third-order valence-electron chi connectivity index (χ3n) is 4.69. The van der Waals surface area contributed by atoms with Crippen LogP contribution in [-0.2, 0) is 0 Å². The zero-order chi connectivity index (χ0) is 16.4. The highest BCUT2D eigenvalue weighted by molar-refractivity contribution is 7.75. The van der Waals surface area contributed by atoms with Crippen molar-refractivity contribution in [3.05, 3.63) is 24.0 Å². The van der Waals surface area contributed by atoms with E-state index in [1.54, 1.807) is 7.11 Å². The molecule has 2 nitrogen and oxygen atoms in total. The fraction of sp³-hybridized carbons (Fsp3) is 0.737. The minimum Gasteiger partial charge on any atom is -0.497 e. The maximum Gasteiger partial charge on any atom is 0.122 e. The second kappa shape index (κ2) is 10.2. The lowest BCUT2D eigenvalue weighted by Gasteiger charge is -2.31. The summed E-state index contributed by atoms with van der Waals surface area (Å²) in [7, 11) is 0.747. The number of unbranched alkanes of at least 4 members (excludes halogenated alkanes) is 2. The first kappa shape index (κ1) is 19.4. The molecule has 1 unspecified atom stereocenters. The number of rotatable bonds is 11. The summed E-state index contributed by atoms with van der Waals surface area (Å²) in [4.78, 5) is 4.74. The highest BCUT2D eigenvalue weighted by Crippen LogP contribution is 2.69. The summed E-state index contributed by atoms with van der Waals surface area (Å²) in [6, 6.07) is 4.14. The van der Waals surface area contributed by atoms with E-state index in [4.69, 9.17) is 9.72 Å². The average molecular weight is 324 g/mol. The minimum atomic E-state index is -0.999. The molecule has 126 valence electrons. The second-order valence-electron chi connectivity index (χ2n) is 6.56. The molecule has 0 saturated carbocycles. The van der Waals surface area contributed by atoms with E-state index in [1.807, 2.05) is 12.3 Å². The Bertz CT molecular complexity index is 414. The predicted molar refractivity (Wildman–Crippen MR) is 101 cm³/mol. The van der Waals surface area contributed by atoms with Crippen LogP contribution in [-0.4, -0.2) is 31.1 Å². The van der Waals surface area contributed by atoms with E-state index in [-0.39, 0.29) is 0 Å². The molecule has 0 aliphatic carbocycles. The first-order valence-electron chi connectivity index (χ1n) is 8.95. The van der Waals surface area contributed by atoms with Gasteiger partial charge in [0.2, 0.25) is 0 Å². The van der Waals surface area contributed by atoms with Crippen LogP contribution in [0.2, 0.25) is 0 Å². The fourth-order valence-electron chi connectivity index (χ4n) is 3.25. The maximum absolute atomic E-state index is 5.43. The van der Waals surface area contributed by atoms with E-state index in [9.17, 15) is 0 Å². The van der Waals surface area contributed by atoms with Crippen molar-refractivity contribution in [3.63, 3.8) is 0 Å². The number of methoxy groups -OCH3 is 1. The number of aromatic nitrogens is 1. The number of hydrogen-bond acceptors (Lipinski definition) is 2. The summed E-state index contributed by atoms with van der Waals surface area (Å²) in [5.41, 5.74) is 1.91. The number of pyridine rings is 1. The van der Waals surface area contributed by atoms with Gasteiger partial charge in [-0.15, -0.1) is 0 Å². The van der Waals surface area contributed by atoms with Crippen molar-refractivity contribution in [2.75, 3.05) is 26.1 Å². The van der Waals surface area contributed by atoms with Crippen molar-refractivity contribution < 1.29 is 4.74 Å². The molecule has 0 aliphatic heterocycles. The van der Waals surface area contributed by atoms with Gasteiger partial charge < -0.3 is 4.74 Å². The monoisotopic (exact) mass is 324 g/mol. The summed E-state index contributed by atoms with van der Waals surface area (Å²) < 4.78 is 5.43. The molecule has 0 N–H and O–H groups in total. The molecule has 0 spiro atoms. The molecule has 0 amide bonds. The molecule has 0 bridgehead atoms. The smallest absolute Gasteiger partial charge is 0.122 e. The predicted octanol–water partition coefficient (Wildman–Crippen LogP) is 6.18. The van der Waals surface area contributed by atoms with Crippen LogP contribution in [0.1, 0.15) is 70.6 Å². The molecule has 1 atom stereocenters. The van der Waals surface area contributed by atoms with Crippen LogP contribution in [0.25, 0.3) is 0 Å². The van der Waals surface area contributed by atoms with Gasteiger partial charge in [0.25, 0.3) is 0 Å². The highest BCUT2D eigenvalue weighted by atomic mass is 31.2. The van der Waals surface area contributed by atoms with E-state index < -0.39 is 7.26 Å². The van der Waals surface area contributed by atoms with Crippen LogP contribution >= 0.6 is 7.26 Å². The Morgan fingerprint density at radius 2 is 1.73 bits per heavy atom. The van der Waals surface area contributed by atoms with Gasteiger partial charge in [0.1, 0.15) is 11.4 Å². The molecular weight excluding hydrogens is 289 g/mol. The molecule has 0 fully saturated rings. The van der Waals surface area contributed by atoms with Gasteiger partial charge >= 0.3 is 0 Å². The van der Waals surface area contributed by atoms with Gasteiger partial charge in [-0.2, -0.15) is 0 Å². The molecule has 22 heavy (non-hydrogen) atoms. The third kappa shape index (κ3) is 5.54. The van der Waals surface area contributed by atoms with Gasteiger partial charge in [-0.1, -0.05) is 40.0 Å². The van der Waals surface area contributed by atoms with Gasteiger partial charge in [0.15, 0.2) is 0 Å². The Kier molecular flexibility index (Phi) is 9.02. The van der Waals surface area contributed by atoms with E-state index in [1.165, 1.54) is 56.5 Å². The molecule has 1 rings (SSSR count). The number of hydrogen-bond donors (Lipinski definition) is 0. The van der Waals surface area contributed by atoms with Crippen molar-refractivity contribution in [2.45, 2.75) is 65.0 Å². The minimum absolute atomic E-state index is 0.644. The summed E-state index contributed by atoms with van der Waals surface area (Å²) in [6.45, 7) is 9.52. The average Bonchev–Trinajstić information content (AvgIpc) is 2.56. The largest absolute Gasteiger partial charge is 0.497 e. The Morgan fingerprint density at radius 1 is 1.09 bits per heavy atom. The zero-order valence-electron chi connectivity index (χ0n) is 15.3. The van der Waals surface area contributed by atoms with Gasteiger partial charge in [-0.25, -0.2) is 0 Å². The van der Waals surface area contributed by atoms with Gasteiger partial charge in [-0.3, -0.25) is 4.98 Å². The zero-order valence-corrected chi connectivity index (χ0v) is 16.2. The molecule has 0 radical (unpaired) electrons. The van der Waals surface area contributed by atoms with Crippen molar-refractivity contribution >= 4 is 7.26 Å². The van der Waals surface area contributed by atoms with E-state index in [0.29, 0.717) is 5.66 Å². The van der Waals surface area contributed by atoms with Crippen LogP contribution in [0.5, 0.6) is 5.75 Å². The first-order valence-corrected chi connectivity index (χ1v) is 11.6. The molecule has 3 heteroatoms. The van der Waals surface area contributed by atoms with Crippen molar-refractivity contribution in [3.8, 4) is 5.75 Å². The second-order valence-corrected chi connectivity index (χ2v) is 11.0. The molecule has 0 saturated heterocycles. The lowest BCUT2D eigenvalue weighted by atomic mass is 10.2. The van der Waals surface area contributed by atoms with E-state index >= 15 is 0 Å². The molecule has 1 heterocycles. The molecular formula is C19H35NOP+. The van der Waals surface area contributed by atoms with Crippen molar-refractivity contribution in [1.29, 1.82) is 0 Å². The Morgan fingerprint density at radius 3 is 2.23 bits per heavy atom. The van der Waals surface area contributed by atoms with Gasteiger partial charge in [0.05, 0.1) is 25.1 Å². The first-order chi connectivity index (χ1) is 10.6. The van der Waals surface area contributed by atoms with E-state index in [2.05, 4.69) is 33.5 Å². The quantitative estimate of drug-likeness (QED) is 0.453. The van der Waals surface area contributed by atoms with Crippen LogP contribution in [0.4, 0.5) is 0 Å². The standard InChI is InChI=1S/C19H35NOP/c1-6-9-14-22(5,15-10-7-2)19(11-8-3)18-16-17(21-4)12-13-20-18/h12-13,16,19H,6-11,14-15H2,1-5H3/q+1. The Labute approximate surface area is 138 Å². The Balaban J connectivity index is 3.09. The van der Waals surface area contributed by atoms with E-state index in [0.717, 1.165) is 5.75 Å². The van der Waals surface area contributed by atoms with Crippen LogP contribution in [0, 0.1) is 0 Å². The lowest BCUT2D eigenvalue weighted by molar-refractivity contribution is 0.413. The third-order valence-corrected chi connectivity index (χ3v) is 9.39. The number of ether oxygens (including phenoxy) is 1. The van der Waals surface area contributed by atoms with Crippen molar-refractivity contribution in [1.82, 2.24) is 4.98 Å². The normalized spacial score (nSPS) is 13.1. The molecule has 0 aliphatic rings. The van der Waals surface area contributed by atoms with Crippen LogP contribution in [0.15, 0.2) is 18.3 Å². The van der Waals surface area contributed by atoms with Crippen LogP contribution < -0.4 is 4.74 Å². The summed E-state index contributed by atoms with van der Waals surface area (Å²) >= 11 is 0. The summed E-state index contributed by atoms with van der Waals surface area (Å²) in [6.07, 6.45) is 12.5. The SMILES string of the molecule is CCCC[P+](C)(CCCC)C(CCC)c1cc(OC)ccn1. The maximum atomic E-state index is 5.43. The molecule has 1 aromatic rings. The summed E-state index contributed by atoms with van der Waals surface area (Å²) in [5, 5.41) is 0. The highest BCUT2D eigenvalue weighted by Gasteiger charge is 2.41. The topological polar surface area (TPSA) is 22.1 Å². The van der Waals surface area contributed by atoms with Gasteiger partial charge in [-0.05, 0) is 25.3 Å². The van der Waals surface area contributed by atoms with Crippen molar-refractivity contribution in [2.24, 2.45) is 0 Å². The molecule has 1 aromatic heterocycles. The molecule has 0 aromatic carbocycles. The summed E-state index contributed by atoms with van der Waals surface area (Å²) in [5.74, 6) is 0.948. The van der Waals surface area contributed by atoms with Gasteiger partial charge in [0, 0.05) is 26.2 Å².